The highest BCUT2D eigenvalue weighted by Crippen LogP contribution is 2.20. The molecule has 0 atom stereocenters. The van der Waals surface area contributed by atoms with Gasteiger partial charge in [0.2, 0.25) is 5.88 Å². The fourth-order valence-corrected chi connectivity index (χ4v) is 1.92. The minimum absolute atomic E-state index is 0.489. The molecule has 20 heavy (non-hydrogen) atoms. The van der Waals surface area contributed by atoms with E-state index in [1.165, 1.54) is 5.56 Å². The fourth-order valence-electron chi connectivity index (χ4n) is 1.92. The minimum atomic E-state index is 0.489. The fraction of sp³-hybridized carbons (Fsp3) is 0.429. The number of H-pyrrole nitrogens is 1. The van der Waals surface area contributed by atoms with E-state index in [1.807, 2.05) is 26.1 Å². The van der Waals surface area contributed by atoms with Crippen LogP contribution < -0.4 is 15.8 Å². The Labute approximate surface area is 118 Å². The predicted octanol–water partition coefficient (Wildman–Crippen LogP) is 2.14. The van der Waals surface area contributed by atoms with E-state index in [0.717, 1.165) is 30.9 Å². The van der Waals surface area contributed by atoms with Gasteiger partial charge in [0.05, 0.1) is 18.5 Å². The summed E-state index contributed by atoms with van der Waals surface area (Å²) >= 11 is 0. The number of nitrogens with one attached hydrogen (secondary N) is 2. The van der Waals surface area contributed by atoms with Crippen LogP contribution in [-0.4, -0.2) is 28.3 Å². The van der Waals surface area contributed by atoms with E-state index in [1.54, 1.807) is 6.07 Å². The van der Waals surface area contributed by atoms with Gasteiger partial charge < -0.3 is 15.8 Å². The lowest BCUT2D eigenvalue weighted by molar-refractivity contribution is 0.329. The number of nitrogen functional groups attached to an aromatic ring is 1. The first-order valence-corrected chi connectivity index (χ1v) is 6.82. The number of nitrogens with zero attached hydrogens (tertiary/aromatic N) is 2. The average molecular weight is 275 g/mol. The van der Waals surface area contributed by atoms with Crippen LogP contribution in [0.3, 0.4) is 0 Å². The first-order chi connectivity index (χ1) is 9.70. The van der Waals surface area contributed by atoms with Crippen LogP contribution in [0.5, 0.6) is 5.88 Å². The molecule has 0 fully saturated rings. The number of aromatic nitrogens is 3. The number of aromatic amines is 1. The molecule has 0 saturated carbocycles. The molecule has 6 nitrogen and oxygen atoms in total. The lowest BCUT2D eigenvalue weighted by Crippen LogP contribution is -2.07. The summed E-state index contributed by atoms with van der Waals surface area (Å²) in [6, 6.07) is 3.67. The van der Waals surface area contributed by atoms with Gasteiger partial charge in [-0.25, -0.2) is 0 Å². The largest absolute Gasteiger partial charge is 0.476 e. The molecule has 2 aromatic rings. The van der Waals surface area contributed by atoms with E-state index in [-0.39, 0.29) is 0 Å². The molecule has 0 spiro atoms. The van der Waals surface area contributed by atoms with Crippen molar-refractivity contribution in [2.24, 2.45) is 0 Å². The van der Waals surface area contributed by atoms with E-state index in [2.05, 4.69) is 20.5 Å². The lowest BCUT2D eigenvalue weighted by Gasteiger charge is -2.09. The molecule has 2 heterocycles. The third-order valence-electron chi connectivity index (χ3n) is 3.03. The van der Waals surface area contributed by atoms with Gasteiger partial charge in [-0.2, -0.15) is 10.1 Å². The number of pyridine rings is 1. The molecule has 2 rings (SSSR count). The summed E-state index contributed by atoms with van der Waals surface area (Å²) in [5, 5.41) is 10.2. The van der Waals surface area contributed by atoms with E-state index in [4.69, 9.17) is 10.5 Å². The second kappa shape index (κ2) is 6.79. The summed E-state index contributed by atoms with van der Waals surface area (Å²) in [5.74, 6) is 1.27. The topological polar surface area (TPSA) is 88.8 Å². The third kappa shape index (κ3) is 3.63. The number of anilines is 2. The zero-order chi connectivity index (χ0) is 14.4. The van der Waals surface area contributed by atoms with E-state index >= 15 is 0 Å². The standard InChI is InChI=1S/C14H21N5O/c1-3-20-14-12(15)6-7-13(18-14)16-8-4-5-11-9-17-19-10(11)2/h6-7,9H,3-5,8,15H2,1-2H3,(H,16,18)(H,17,19). The molecule has 0 bridgehead atoms. The van der Waals surface area contributed by atoms with Gasteiger partial charge >= 0.3 is 0 Å². The number of nitrogens with two attached hydrogens (primary N) is 1. The minimum Gasteiger partial charge on any atom is -0.476 e. The van der Waals surface area contributed by atoms with Gasteiger partial charge in [-0.3, -0.25) is 5.10 Å². The molecule has 0 aliphatic heterocycles. The average Bonchev–Trinajstić information content (AvgIpc) is 2.84. The highest BCUT2D eigenvalue weighted by molar-refractivity contribution is 5.53. The number of hydrogen-bond donors (Lipinski definition) is 3. The van der Waals surface area contributed by atoms with Crippen LogP contribution in [0, 0.1) is 6.92 Å². The molecule has 0 amide bonds. The SMILES string of the molecule is CCOc1nc(NCCCc2cn[nH]c2C)ccc1N. The number of aryl methyl sites for hydroxylation is 2. The lowest BCUT2D eigenvalue weighted by atomic mass is 10.1. The Bertz CT molecular complexity index is 552. The maximum atomic E-state index is 5.79. The number of ether oxygens (including phenoxy) is 1. The van der Waals surface area contributed by atoms with E-state index in [0.29, 0.717) is 18.2 Å². The number of rotatable bonds is 7. The van der Waals surface area contributed by atoms with Gasteiger partial charge in [0.1, 0.15) is 5.82 Å². The first-order valence-electron chi connectivity index (χ1n) is 6.82. The third-order valence-corrected chi connectivity index (χ3v) is 3.03. The Balaban J connectivity index is 1.82. The Kier molecular flexibility index (Phi) is 4.81. The van der Waals surface area contributed by atoms with Crippen molar-refractivity contribution in [3.05, 3.63) is 29.6 Å². The second-order valence-corrected chi connectivity index (χ2v) is 4.57. The van der Waals surface area contributed by atoms with Crippen LogP contribution in [0.15, 0.2) is 18.3 Å². The quantitative estimate of drug-likeness (QED) is 0.674. The first kappa shape index (κ1) is 14.2. The van der Waals surface area contributed by atoms with Crippen molar-refractivity contribution in [1.29, 1.82) is 0 Å². The van der Waals surface area contributed by atoms with Crippen molar-refractivity contribution in [3.63, 3.8) is 0 Å². The normalized spacial score (nSPS) is 10.5. The molecule has 2 aromatic heterocycles. The monoisotopic (exact) mass is 275 g/mol. The van der Waals surface area contributed by atoms with Crippen molar-refractivity contribution >= 4 is 11.5 Å². The summed E-state index contributed by atoms with van der Waals surface area (Å²) in [6.45, 7) is 5.34. The Hall–Kier alpha value is -2.24. The second-order valence-electron chi connectivity index (χ2n) is 4.57. The maximum Gasteiger partial charge on any atom is 0.239 e. The van der Waals surface area contributed by atoms with Crippen molar-refractivity contribution < 1.29 is 4.74 Å². The molecule has 0 unspecified atom stereocenters. The molecule has 0 saturated heterocycles. The molecule has 108 valence electrons. The van der Waals surface area contributed by atoms with Gasteiger partial charge in [-0.1, -0.05) is 0 Å². The summed E-state index contributed by atoms with van der Waals surface area (Å²) in [7, 11) is 0. The molecular formula is C14H21N5O. The van der Waals surface area contributed by atoms with Crippen LogP contribution in [0.25, 0.3) is 0 Å². The predicted molar refractivity (Wildman–Crippen MR) is 80.0 cm³/mol. The van der Waals surface area contributed by atoms with Crippen LogP contribution in [-0.2, 0) is 6.42 Å². The van der Waals surface area contributed by atoms with Crippen LogP contribution in [0.1, 0.15) is 24.6 Å². The summed E-state index contributed by atoms with van der Waals surface area (Å²) in [5.41, 5.74) is 8.74. The highest BCUT2D eigenvalue weighted by atomic mass is 16.5. The van der Waals surface area contributed by atoms with Crippen molar-refractivity contribution in [2.45, 2.75) is 26.7 Å². The molecule has 0 aliphatic carbocycles. The Morgan fingerprint density at radius 1 is 1.40 bits per heavy atom. The molecule has 4 N–H and O–H groups in total. The number of hydrogen-bond acceptors (Lipinski definition) is 5. The maximum absolute atomic E-state index is 5.79. The molecule has 0 aliphatic rings. The molecule has 0 radical (unpaired) electrons. The highest BCUT2D eigenvalue weighted by Gasteiger charge is 2.04. The van der Waals surface area contributed by atoms with Crippen molar-refractivity contribution in [2.75, 3.05) is 24.2 Å². The van der Waals surface area contributed by atoms with Crippen molar-refractivity contribution in [1.82, 2.24) is 15.2 Å². The van der Waals surface area contributed by atoms with Gasteiger partial charge in [0.15, 0.2) is 0 Å². The van der Waals surface area contributed by atoms with Crippen molar-refractivity contribution in [3.8, 4) is 5.88 Å². The zero-order valence-corrected chi connectivity index (χ0v) is 11.9. The van der Waals surface area contributed by atoms with E-state index in [9.17, 15) is 0 Å². The van der Waals surface area contributed by atoms with Gasteiger partial charge in [-0.05, 0) is 44.4 Å². The summed E-state index contributed by atoms with van der Waals surface area (Å²) < 4.78 is 5.37. The Morgan fingerprint density at radius 2 is 2.25 bits per heavy atom. The van der Waals surface area contributed by atoms with Gasteiger partial charge in [0, 0.05) is 12.2 Å². The zero-order valence-electron chi connectivity index (χ0n) is 11.9. The van der Waals surface area contributed by atoms with Crippen LogP contribution in [0.2, 0.25) is 0 Å². The molecular weight excluding hydrogens is 254 g/mol. The van der Waals surface area contributed by atoms with Gasteiger partial charge in [0.25, 0.3) is 0 Å². The summed E-state index contributed by atoms with van der Waals surface area (Å²) in [6.07, 6.45) is 3.88. The van der Waals surface area contributed by atoms with Crippen LogP contribution in [0.4, 0.5) is 11.5 Å². The van der Waals surface area contributed by atoms with Crippen LogP contribution >= 0.6 is 0 Å². The van der Waals surface area contributed by atoms with E-state index < -0.39 is 0 Å². The Morgan fingerprint density at radius 3 is 2.95 bits per heavy atom. The molecule has 0 aromatic carbocycles. The smallest absolute Gasteiger partial charge is 0.239 e. The summed E-state index contributed by atoms with van der Waals surface area (Å²) in [4.78, 5) is 4.34. The van der Waals surface area contributed by atoms with Gasteiger partial charge in [-0.15, -0.1) is 0 Å². The molecule has 6 heteroatoms.